The molecule has 1 aliphatic rings. The second kappa shape index (κ2) is 8.90. The first-order valence-electron chi connectivity index (χ1n) is 8.94. The maximum atomic E-state index is 12.8. The normalized spacial score (nSPS) is 14.1. The van der Waals surface area contributed by atoms with E-state index in [1.54, 1.807) is 48.7 Å². The molecule has 0 radical (unpaired) electrons. The van der Waals surface area contributed by atoms with E-state index >= 15 is 0 Å². The van der Waals surface area contributed by atoms with Gasteiger partial charge in [0, 0.05) is 43.0 Å². The van der Waals surface area contributed by atoms with Crippen LogP contribution in [0.3, 0.4) is 0 Å². The van der Waals surface area contributed by atoms with Crippen molar-refractivity contribution < 1.29 is 19.1 Å². The summed E-state index contributed by atoms with van der Waals surface area (Å²) in [6, 6.07) is 9.22. The first kappa shape index (κ1) is 19.2. The number of ether oxygens (including phenoxy) is 2. The van der Waals surface area contributed by atoms with E-state index in [4.69, 9.17) is 9.47 Å². The molecule has 1 aliphatic heterocycles. The molecule has 27 heavy (non-hydrogen) atoms. The first-order valence-corrected chi connectivity index (χ1v) is 9.82. The predicted molar refractivity (Wildman–Crippen MR) is 105 cm³/mol. The van der Waals surface area contributed by atoms with Gasteiger partial charge in [-0.2, -0.15) is 0 Å². The smallest absolute Gasteiger partial charge is 0.254 e. The van der Waals surface area contributed by atoms with Crippen molar-refractivity contribution in [1.82, 2.24) is 9.80 Å². The van der Waals surface area contributed by atoms with Crippen LogP contribution in [0, 0.1) is 0 Å². The summed E-state index contributed by atoms with van der Waals surface area (Å²) in [5.74, 6) is 1.23. The number of benzene rings is 1. The van der Waals surface area contributed by atoms with E-state index in [1.165, 1.54) is 4.88 Å². The minimum atomic E-state index is -0.0540. The van der Waals surface area contributed by atoms with Gasteiger partial charge in [-0.1, -0.05) is 6.07 Å². The Bertz CT molecular complexity index is 783. The highest BCUT2D eigenvalue weighted by atomic mass is 32.1. The fraction of sp³-hybridized carbons (Fsp3) is 0.400. The number of thiophene rings is 1. The Kier molecular flexibility index (Phi) is 6.34. The van der Waals surface area contributed by atoms with E-state index in [-0.39, 0.29) is 11.8 Å². The molecule has 2 amide bonds. The average molecular weight is 388 g/mol. The van der Waals surface area contributed by atoms with Crippen LogP contribution in [0.2, 0.25) is 0 Å². The lowest BCUT2D eigenvalue weighted by Crippen LogP contribution is -2.50. The number of carbonyl (C=O) groups excluding carboxylic acids is 2. The molecule has 144 valence electrons. The molecular weight excluding hydrogens is 364 g/mol. The highest BCUT2D eigenvalue weighted by Gasteiger charge is 2.25. The molecule has 6 nitrogen and oxygen atoms in total. The van der Waals surface area contributed by atoms with Gasteiger partial charge in [-0.25, -0.2) is 0 Å². The van der Waals surface area contributed by atoms with Crippen LogP contribution in [0.15, 0.2) is 35.7 Å². The number of hydrogen-bond donors (Lipinski definition) is 0. The van der Waals surface area contributed by atoms with Crippen molar-refractivity contribution in [3.8, 4) is 11.5 Å². The standard InChI is InChI=1S/C20H24N2O4S/c1-25-17-7-5-15(14-18(17)26-2)20(24)22-11-9-21(10-12-22)19(23)8-6-16-4-3-13-27-16/h3-5,7,13-14H,6,8-12H2,1-2H3. The van der Waals surface area contributed by atoms with E-state index < -0.39 is 0 Å². The number of aryl methyl sites for hydroxylation is 1. The van der Waals surface area contributed by atoms with Gasteiger partial charge in [-0.05, 0) is 36.1 Å². The predicted octanol–water partition coefficient (Wildman–Crippen LogP) is 2.68. The quantitative estimate of drug-likeness (QED) is 0.763. The number of nitrogens with zero attached hydrogens (tertiary/aromatic N) is 2. The van der Waals surface area contributed by atoms with Crippen LogP contribution in [-0.2, 0) is 11.2 Å². The summed E-state index contributed by atoms with van der Waals surface area (Å²) in [5, 5.41) is 2.03. The highest BCUT2D eigenvalue weighted by Crippen LogP contribution is 2.28. The number of piperazine rings is 1. The molecule has 0 bridgehead atoms. The van der Waals surface area contributed by atoms with Gasteiger partial charge in [0.05, 0.1) is 14.2 Å². The van der Waals surface area contributed by atoms with Gasteiger partial charge in [0.15, 0.2) is 11.5 Å². The molecule has 1 saturated heterocycles. The molecule has 1 fully saturated rings. The lowest BCUT2D eigenvalue weighted by molar-refractivity contribution is -0.132. The average Bonchev–Trinajstić information content (AvgIpc) is 3.24. The number of hydrogen-bond acceptors (Lipinski definition) is 5. The van der Waals surface area contributed by atoms with Crippen molar-refractivity contribution in [2.45, 2.75) is 12.8 Å². The van der Waals surface area contributed by atoms with Crippen LogP contribution in [0.1, 0.15) is 21.7 Å². The lowest BCUT2D eigenvalue weighted by Gasteiger charge is -2.35. The number of amides is 2. The highest BCUT2D eigenvalue weighted by molar-refractivity contribution is 7.09. The third-order valence-electron chi connectivity index (χ3n) is 4.72. The summed E-state index contributed by atoms with van der Waals surface area (Å²) >= 11 is 1.68. The largest absolute Gasteiger partial charge is 0.493 e. The Morgan fingerprint density at radius 1 is 1.00 bits per heavy atom. The Morgan fingerprint density at radius 3 is 2.33 bits per heavy atom. The second-order valence-corrected chi connectivity index (χ2v) is 7.35. The molecule has 2 aromatic rings. The van der Waals surface area contributed by atoms with E-state index in [9.17, 15) is 9.59 Å². The maximum absolute atomic E-state index is 12.8. The van der Waals surface area contributed by atoms with Crippen molar-refractivity contribution in [3.05, 3.63) is 46.2 Å². The molecular formula is C20H24N2O4S. The lowest BCUT2D eigenvalue weighted by atomic mass is 10.1. The summed E-state index contributed by atoms with van der Waals surface area (Å²) in [6.07, 6.45) is 1.30. The Hall–Kier alpha value is -2.54. The van der Waals surface area contributed by atoms with Gasteiger partial charge in [-0.15, -0.1) is 11.3 Å². The Balaban J connectivity index is 1.53. The van der Waals surface area contributed by atoms with Crippen molar-refractivity contribution in [2.75, 3.05) is 40.4 Å². The fourth-order valence-corrected chi connectivity index (χ4v) is 3.86. The number of carbonyl (C=O) groups is 2. The zero-order chi connectivity index (χ0) is 19.2. The van der Waals surface area contributed by atoms with Gasteiger partial charge in [0.2, 0.25) is 5.91 Å². The van der Waals surface area contributed by atoms with E-state index in [0.29, 0.717) is 49.7 Å². The van der Waals surface area contributed by atoms with Crippen LogP contribution in [-0.4, -0.2) is 62.0 Å². The zero-order valence-electron chi connectivity index (χ0n) is 15.6. The molecule has 0 atom stereocenters. The summed E-state index contributed by atoms with van der Waals surface area (Å²) in [7, 11) is 3.11. The number of methoxy groups -OCH3 is 2. The van der Waals surface area contributed by atoms with Gasteiger partial charge in [0.1, 0.15) is 0 Å². The third-order valence-corrected chi connectivity index (χ3v) is 5.65. The fourth-order valence-electron chi connectivity index (χ4n) is 3.15. The molecule has 0 unspecified atom stereocenters. The summed E-state index contributed by atoms with van der Waals surface area (Å²) in [4.78, 5) is 30.0. The van der Waals surface area contributed by atoms with Gasteiger partial charge in [-0.3, -0.25) is 9.59 Å². The van der Waals surface area contributed by atoms with Crippen LogP contribution in [0.4, 0.5) is 0 Å². The molecule has 0 saturated carbocycles. The van der Waals surface area contributed by atoms with E-state index in [1.807, 2.05) is 16.3 Å². The summed E-state index contributed by atoms with van der Waals surface area (Å²) in [5.41, 5.74) is 0.560. The van der Waals surface area contributed by atoms with Gasteiger partial charge < -0.3 is 19.3 Å². The molecule has 3 rings (SSSR count). The molecule has 0 N–H and O–H groups in total. The number of rotatable bonds is 6. The maximum Gasteiger partial charge on any atom is 0.254 e. The summed E-state index contributed by atoms with van der Waals surface area (Å²) in [6.45, 7) is 2.22. The van der Waals surface area contributed by atoms with Crippen LogP contribution in [0.25, 0.3) is 0 Å². The SMILES string of the molecule is COc1ccc(C(=O)N2CCN(C(=O)CCc3cccs3)CC2)cc1OC. The van der Waals surface area contributed by atoms with Crippen LogP contribution < -0.4 is 9.47 Å². The Labute approximate surface area is 163 Å². The first-order chi connectivity index (χ1) is 13.1. The van der Waals surface area contributed by atoms with Gasteiger partial charge >= 0.3 is 0 Å². The van der Waals surface area contributed by atoms with Crippen molar-refractivity contribution >= 4 is 23.2 Å². The topological polar surface area (TPSA) is 59.1 Å². The second-order valence-electron chi connectivity index (χ2n) is 6.32. The van der Waals surface area contributed by atoms with Crippen molar-refractivity contribution in [3.63, 3.8) is 0 Å². The molecule has 2 heterocycles. The Morgan fingerprint density at radius 2 is 1.70 bits per heavy atom. The van der Waals surface area contributed by atoms with Crippen LogP contribution in [0.5, 0.6) is 11.5 Å². The molecule has 0 spiro atoms. The van der Waals surface area contributed by atoms with E-state index in [0.717, 1.165) is 6.42 Å². The molecule has 7 heteroatoms. The minimum Gasteiger partial charge on any atom is -0.493 e. The third kappa shape index (κ3) is 4.60. The van der Waals surface area contributed by atoms with Crippen molar-refractivity contribution in [1.29, 1.82) is 0 Å². The minimum absolute atomic E-state index is 0.0540. The zero-order valence-corrected chi connectivity index (χ0v) is 16.5. The molecule has 1 aromatic heterocycles. The monoisotopic (exact) mass is 388 g/mol. The van der Waals surface area contributed by atoms with Gasteiger partial charge in [0.25, 0.3) is 5.91 Å². The summed E-state index contributed by atoms with van der Waals surface area (Å²) < 4.78 is 10.5. The van der Waals surface area contributed by atoms with Crippen molar-refractivity contribution in [2.24, 2.45) is 0 Å². The molecule has 0 aliphatic carbocycles. The molecule has 1 aromatic carbocycles. The van der Waals surface area contributed by atoms with E-state index in [2.05, 4.69) is 6.07 Å². The van der Waals surface area contributed by atoms with Crippen LogP contribution >= 0.6 is 11.3 Å².